The molecule has 1 heterocycles. The zero-order valence-corrected chi connectivity index (χ0v) is 8.03. The van der Waals surface area contributed by atoms with Crippen molar-refractivity contribution < 1.29 is 13.2 Å². The Morgan fingerprint density at radius 2 is 1.71 bits per heavy atom. The Labute approximate surface area is 79.4 Å². The van der Waals surface area contributed by atoms with Gasteiger partial charge in [-0.1, -0.05) is 0 Å². The van der Waals surface area contributed by atoms with Crippen molar-refractivity contribution in [3.8, 4) is 0 Å². The van der Waals surface area contributed by atoms with Gasteiger partial charge in [-0.15, -0.1) is 0 Å². The second-order valence-corrected chi connectivity index (χ2v) is 2.85. The second-order valence-electron chi connectivity index (χ2n) is 2.85. The zero-order chi connectivity index (χ0) is 10.9. The molecule has 0 aliphatic carbocycles. The molecule has 0 bridgehead atoms. The topological polar surface area (TPSA) is 37.8 Å². The van der Waals surface area contributed by atoms with Crippen molar-refractivity contribution in [3.63, 3.8) is 0 Å². The summed E-state index contributed by atoms with van der Waals surface area (Å²) in [7, 11) is 1.52. The van der Waals surface area contributed by atoms with E-state index in [0.29, 0.717) is 11.3 Å². The molecule has 0 aromatic carbocycles. The number of rotatable bonds is 1. The summed E-state index contributed by atoms with van der Waals surface area (Å²) in [5, 5.41) is 2.60. The van der Waals surface area contributed by atoms with Crippen molar-refractivity contribution in [2.45, 2.75) is 20.0 Å². The van der Waals surface area contributed by atoms with E-state index >= 15 is 0 Å². The van der Waals surface area contributed by atoms with Crippen LogP contribution in [0.4, 0.5) is 19.0 Å². The molecule has 1 aromatic rings. The Kier molecular flexibility index (Phi) is 2.64. The van der Waals surface area contributed by atoms with Crippen LogP contribution in [0.5, 0.6) is 0 Å². The lowest BCUT2D eigenvalue weighted by atomic mass is 10.2. The van der Waals surface area contributed by atoms with Crippen LogP contribution in [-0.2, 0) is 6.18 Å². The minimum atomic E-state index is -4.50. The molecule has 0 saturated heterocycles. The van der Waals surface area contributed by atoms with Gasteiger partial charge < -0.3 is 5.32 Å². The highest BCUT2D eigenvalue weighted by Crippen LogP contribution is 2.28. The maximum atomic E-state index is 12.3. The Morgan fingerprint density at radius 3 is 2.14 bits per heavy atom. The number of hydrogen-bond donors (Lipinski definition) is 1. The highest BCUT2D eigenvalue weighted by Gasteiger charge is 2.35. The van der Waals surface area contributed by atoms with Crippen molar-refractivity contribution in [1.29, 1.82) is 0 Å². The Bertz CT molecular complexity index is 346. The summed E-state index contributed by atoms with van der Waals surface area (Å²) in [5.74, 6) is -0.894. The van der Waals surface area contributed by atoms with Crippen molar-refractivity contribution in [1.82, 2.24) is 9.97 Å². The highest BCUT2D eigenvalue weighted by atomic mass is 19.4. The summed E-state index contributed by atoms with van der Waals surface area (Å²) in [6, 6.07) is 0. The summed E-state index contributed by atoms with van der Waals surface area (Å²) in [6.07, 6.45) is -4.50. The first kappa shape index (κ1) is 10.7. The third kappa shape index (κ3) is 1.94. The van der Waals surface area contributed by atoms with Gasteiger partial charge in [-0.2, -0.15) is 13.2 Å². The molecule has 0 saturated carbocycles. The van der Waals surface area contributed by atoms with Gasteiger partial charge in [0.2, 0.25) is 5.82 Å². The Morgan fingerprint density at radius 1 is 1.14 bits per heavy atom. The lowest BCUT2D eigenvalue weighted by molar-refractivity contribution is -0.145. The average molecular weight is 205 g/mol. The number of hydrogen-bond acceptors (Lipinski definition) is 3. The Hall–Kier alpha value is -1.33. The van der Waals surface area contributed by atoms with E-state index in [-0.39, 0.29) is 5.82 Å². The smallest absolute Gasteiger partial charge is 0.373 e. The fraction of sp³-hybridized carbons (Fsp3) is 0.500. The molecule has 3 nitrogen and oxygen atoms in total. The van der Waals surface area contributed by atoms with Gasteiger partial charge in [0, 0.05) is 18.3 Å². The van der Waals surface area contributed by atoms with Gasteiger partial charge in [0.05, 0.1) is 0 Å². The molecular formula is C8H10F3N3. The summed E-state index contributed by atoms with van der Waals surface area (Å²) in [6.45, 7) is 3.19. The molecule has 0 spiro atoms. The molecule has 1 aromatic heterocycles. The largest absolute Gasteiger partial charge is 0.451 e. The van der Waals surface area contributed by atoms with Crippen LogP contribution >= 0.6 is 0 Å². The van der Waals surface area contributed by atoms with E-state index in [1.807, 2.05) is 0 Å². The van der Waals surface area contributed by atoms with Crippen LogP contribution in [0.3, 0.4) is 0 Å². The van der Waals surface area contributed by atoms with Gasteiger partial charge in [-0.25, -0.2) is 9.97 Å². The van der Waals surface area contributed by atoms with E-state index in [2.05, 4.69) is 15.3 Å². The predicted molar refractivity (Wildman–Crippen MR) is 46.1 cm³/mol. The quantitative estimate of drug-likeness (QED) is 0.763. The van der Waals surface area contributed by atoms with E-state index in [4.69, 9.17) is 0 Å². The molecule has 0 atom stereocenters. The fourth-order valence-corrected chi connectivity index (χ4v) is 0.999. The summed E-state index contributed by atoms with van der Waals surface area (Å²) < 4.78 is 36.8. The van der Waals surface area contributed by atoms with E-state index in [9.17, 15) is 13.2 Å². The van der Waals surface area contributed by atoms with Gasteiger partial charge in [-0.05, 0) is 13.8 Å². The SMILES string of the molecule is CNc1nc(C(F)(F)F)nc(C)c1C. The number of nitrogens with zero attached hydrogens (tertiary/aromatic N) is 2. The molecule has 78 valence electrons. The molecular weight excluding hydrogens is 195 g/mol. The molecule has 6 heteroatoms. The summed E-state index contributed by atoms with van der Waals surface area (Å²) >= 11 is 0. The number of halogens is 3. The van der Waals surface area contributed by atoms with Crippen LogP contribution in [0.2, 0.25) is 0 Å². The van der Waals surface area contributed by atoms with Gasteiger partial charge in [0.25, 0.3) is 0 Å². The number of nitrogens with one attached hydrogen (secondary N) is 1. The molecule has 0 aliphatic rings. The van der Waals surface area contributed by atoms with Gasteiger partial charge >= 0.3 is 6.18 Å². The maximum absolute atomic E-state index is 12.3. The van der Waals surface area contributed by atoms with E-state index in [1.165, 1.54) is 14.0 Å². The monoisotopic (exact) mass is 205 g/mol. The van der Waals surface area contributed by atoms with Crippen LogP contribution in [0.1, 0.15) is 17.1 Å². The third-order valence-electron chi connectivity index (χ3n) is 1.88. The minimum Gasteiger partial charge on any atom is -0.373 e. The molecule has 0 radical (unpaired) electrons. The zero-order valence-electron chi connectivity index (χ0n) is 8.03. The number of anilines is 1. The first-order valence-corrected chi connectivity index (χ1v) is 3.96. The highest BCUT2D eigenvalue weighted by molar-refractivity contribution is 5.44. The van der Waals surface area contributed by atoms with Gasteiger partial charge in [0.1, 0.15) is 5.82 Å². The van der Waals surface area contributed by atoms with Crippen molar-refractivity contribution in [2.75, 3.05) is 12.4 Å². The van der Waals surface area contributed by atoms with Crippen LogP contribution in [-0.4, -0.2) is 17.0 Å². The maximum Gasteiger partial charge on any atom is 0.451 e. The van der Waals surface area contributed by atoms with Crippen molar-refractivity contribution in [2.24, 2.45) is 0 Å². The molecule has 14 heavy (non-hydrogen) atoms. The van der Waals surface area contributed by atoms with Crippen molar-refractivity contribution >= 4 is 5.82 Å². The lowest BCUT2D eigenvalue weighted by Gasteiger charge is -2.11. The number of alkyl halides is 3. The lowest BCUT2D eigenvalue weighted by Crippen LogP contribution is -2.14. The van der Waals surface area contributed by atoms with E-state index in [0.717, 1.165) is 0 Å². The van der Waals surface area contributed by atoms with Crippen LogP contribution in [0.25, 0.3) is 0 Å². The van der Waals surface area contributed by atoms with Gasteiger partial charge in [0.15, 0.2) is 0 Å². The molecule has 0 fully saturated rings. The molecule has 1 rings (SSSR count). The van der Waals surface area contributed by atoms with Crippen LogP contribution in [0, 0.1) is 13.8 Å². The summed E-state index contributed by atoms with van der Waals surface area (Å²) in [4.78, 5) is 6.75. The Balaban J connectivity index is 3.30. The molecule has 0 unspecified atom stereocenters. The van der Waals surface area contributed by atoms with Crippen molar-refractivity contribution in [3.05, 3.63) is 17.1 Å². The van der Waals surface area contributed by atoms with Gasteiger partial charge in [-0.3, -0.25) is 0 Å². The molecule has 0 aliphatic heterocycles. The fourth-order valence-electron chi connectivity index (χ4n) is 0.999. The first-order valence-electron chi connectivity index (χ1n) is 3.96. The number of aromatic nitrogens is 2. The standard InChI is InChI=1S/C8H10F3N3/c1-4-5(2)13-7(8(9,10)11)14-6(4)12-3/h1-3H3,(H,12,13,14). The van der Waals surface area contributed by atoms with Crippen LogP contribution in [0.15, 0.2) is 0 Å². The minimum absolute atomic E-state index is 0.213. The van der Waals surface area contributed by atoms with E-state index in [1.54, 1.807) is 6.92 Å². The van der Waals surface area contributed by atoms with Crippen LogP contribution < -0.4 is 5.32 Å². The first-order chi connectivity index (χ1) is 6.36. The second kappa shape index (κ2) is 3.43. The third-order valence-corrected chi connectivity index (χ3v) is 1.88. The molecule has 1 N–H and O–H groups in total. The molecule has 0 amide bonds. The summed E-state index contributed by atoms with van der Waals surface area (Å²) in [5.41, 5.74) is 0.956. The number of aryl methyl sites for hydroxylation is 1. The van der Waals surface area contributed by atoms with E-state index < -0.39 is 12.0 Å². The predicted octanol–water partition coefficient (Wildman–Crippen LogP) is 2.15. The average Bonchev–Trinajstić information content (AvgIpc) is 2.07. The normalized spacial score (nSPS) is 11.6.